The van der Waals surface area contributed by atoms with Crippen molar-refractivity contribution in [2.24, 2.45) is 5.92 Å². The van der Waals surface area contributed by atoms with Gasteiger partial charge in [-0.1, -0.05) is 48.6 Å². The molecule has 0 unspecified atom stereocenters. The normalized spacial score (nSPS) is 21.6. The fraction of sp³-hybridized carbons (Fsp3) is 0.351. The van der Waals surface area contributed by atoms with Gasteiger partial charge in [0.2, 0.25) is 0 Å². The first-order chi connectivity index (χ1) is 23.5. The number of nitrogen functional groups attached to an aromatic ring is 1. The highest BCUT2D eigenvalue weighted by Crippen LogP contribution is 2.60. The Kier molecular flexibility index (Phi) is 9.47. The van der Waals surface area contributed by atoms with Crippen LogP contribution in [0.25, 0.3) is 0 Å². The molecule has 2 aliphatic heterocycles. The molecule has 3 heterocycles. The lowest BCUT2D eigenvalue weighted by Crippen LogP contribution is -2.51. The summed E-state index contributed by atoms with van der Waals surface area (Å²) in [4.78, 5) is 29.7. The summed E-state index contributed by atoms with van der Waals surface area (Å²) in [5, 5.41) is 22.1. The highest BCUT2D eigenvalue weighted by atomic mass is 28.3. The monoisotopic (exact) mass is 680 g/mol. The minimum Gasteiger partial charge on any atom is -0.497 e. The Hall–Kier alpha value is -4.78. The van der Waals surface area contributed by atoms with Crippen molar-refractivity contribution in [1.29, 1.82) is 0 Å². The summed E-state index contributed by atoms with van der Waals surface area (Å²) in [6, 6.07) is 20.6. The van der Waals surface area contributed by atoms with E-state index >= 15 is 0 Å². The second-order valence-corrected chi connectivity index (χ2v) is 18.1. The SMILES string of the molecule is C=CCN1C(=O)[C@]2(O[C@H](CCn3cc(CCO)nn3)[C@@H]([Si](C)(C)c3ccc(OC)cc3)[C@@H]2C)c2cc(NC(=O)c3ccc(N)cc3)ccc21. The molecule has 11 nitrogen and oxygen atoms in total. The smallest absolute Gasteiger partial charge is 0.264 e. The Morgan fingerprint density at radius 3 is 2.57 bits per heavy atom. The first kappa shape index (κ1) is 34.1. The number of nitrogens with zero attached hydrogens (tertiary/aromatic N) is 4. The predicted molar refractivity (Wildman–Crippen MR) is 193 cm³/mol. The molecule has 4 atom stereocenters. The second kappa shape index (κ2) is 13.6. The van der Waals surface area contributed by atoms with Crippen LogP contribution in [0.3, 0.4) is 0 Å². The van der Waals surface area contributed by atoms with Crippen molar-refractivity contribution >= 4 is 42.1 Å². The molecule has 6 rings (SSSR count). The Morgan fingerprint density at radius 1 is 1.16 bits per heavy atom. The minimum atomic E-state index is -2.36. The number of amides is 2. The van der Waals surface area contributed by atoms with E-state index < -0.39 is 13.7 Å². The molecule has 2 aliphatic rings. The molecule has 3 aromatic carbocycles. The molecule has 12 heteroatoms. The molecule has 0 aliphatic carbocycles. The van der Waals surface area contributed by atoms with E-state index in [1.54, 1.807) is 47.0 Å². The lowest BCUT2D eigenvalue weighted by atomic mass is 9.82. The van der Waals surface area contributed by atoms with Crippen LogP contribution in [0.15, 0.2) is 85.6 Å². The number of aliphatic hydroxyl groups excluding tert-OH is 1. The molecule has 0 saturated carbocycles. The van der Waals surface area contributed by atoms with Gasteiger partial charge in [-0.2, -0.15) is 0 Å². The zero-order chi connectivity index (χ0) is 34.9. The molecular formula is C37H44N6O5Si. The summed E-state index contributed by atoms with van der Waals surface area (Å²) in [5.74, 6) is 0.163. The second-order valence-electron chi connectivity index (χ2n) is 13.4. The lowest BCUT2D eigenvalue weighted by Gasteiger charge is -2.37. The maximum absolute atomic E-state index is 14.8. The number of anilines is 3. The van der Waals surface area contributed by atoms with Gasteiger partial charge in [0.05, 0.1) is 32.7 Å². The van der Waals surface area contributed by atoms with Crippen molar-refractivity contribution in [1.82, 2.24) is 15.0 Å². The van der Waals surface area contributed by atoms with E-state index in [9.17, 15) is 14.7 Å². The van der Waals surface area contributed by atoms with E-state index in [-0.39, 0.29) is 36.0 Å². The molecule has 1 saturated heterocycles. The van der Waals surface area contributed by atoms with Gasteiger partial charge in [0, 0.05) is 60.7 Å². The number of rotatable bonds is 12. The molecule has 4 aromatic rings. The maximum Gasteiger partial charge on any atom is 0.264 e. The number of aromatic nitrogens is 3. The number of carbonyl (C=O) groups excluding carboxylic acids is 2. The van der Waals surface area contributed by atoms with E-state index in [4.69, 9.17) is 15.2 Å². The highest BCUT2D eigenvalue weighted by Gasteiger charge is 2.66. The number of carbonyl (C=O) groups is 2. The highest BCUT2D eigenvalue weighted by molar-refractivity contribution is 6.91. The molecule has 1 spiro atoms. The number of fused-ring (bicyclic) bond motifs is 2. The number of aliphatic hydroxyl groups is 1. The number of nitrogens with two attached hydrogens (primary N) is 1. The number of hydrogen-bond donors (Lipinski definition) is 3. The van der Waals surface area contributed by atoms with Crippen LogP contribution < -0.4 is 25.9 Å². The summed E-state index contributed by atoms with van der Waals surface area (Å²) in [6.45, 7) is 11.6. The number of aryl methyl sites for hydroxylation is 1. The van der Waals surface area contributed by atoms with Gasteiger partial charge in [-0.25, -0.2) is 0 Å². The molecule has 0 radical (unpaired) electrons. The van der Waals surface area contributed by atoms with Crippen molar-refractivity contribution < 1.29 is 24.2 Å². The van der Waals surface area contributed by atoms with E-state index in [2.05, 4.69) is 54.4 Å². The molecule has 1 fully saturated rings. The Labute approximate surface area is 287 Å². The van der Waals surface area contributed by atoms with Gasteiger partial charge < -0.3 is 30.5 Å². The maximum atomic E-state index is 14.8. The summed E-state index contributed by atoms with van der Waals surface area (Å²) in [6.07, 6.45) is 4.31. The average molecular weight is 681 g/mol. The molecule has 49 heavy (non-hydrogen) atoms. The minimum absolute atomic E-state index is 0.000655. The Morgan fingerprint density at radius 2 is 1.90 bits per heavy atom. The van der Waals surface area contributed by atoms with Crippen LogP contribution in [-0.4, -0.2) is 66.4 Å². The fourth-order valence-corrected chi connectivity index (χ4v) is 11.8. The lowest BCUT2D eigenvalue weighted by molar-refractivity contribution is -0.145. The van der Waals surface area contributed by atoms with E-state index in [1.807, 2.05) is 36.5 Å². The molecule has 0 bridgehead atoms. The first-order valence-corrected chi connectivity index (χ1v) is 19.7. The van der Waals surface area contributed by atoms with Crippen LogP contribution in [0, 0.1) is 5.92 Å². The molecule has 1 aromatic heterocycles. The number of hydrogen-bond acceptors (Lipinski definition) is 8. The third-order valence-electron chi connectivity index (χ3n) is 10.2. The zero-order valence-electron chi connectivity index (χ0n) is 28.4. The zero-order valence-corrected chi connectivity index (χ0v) is 29.4. The standard InChI is InChI=1S/C37H44N6O5Si/c1-6-19-43-32-16-11-27(39-35(45)25-7-9-26(38)10-8-25)22-31(32)37(36(43)46)24(2)34(49(4,5)30-14-12-29(47-3)13-15-30)33(48-37)17-20-42-23-28(18-21-44)40-41-42/h6-16,22-24,33-34,44H,1,17-21,38H2,2-5H3,(H,39,45)/t24-,33+,34-,37+/m0/s1. The van der Waals surface area contributed by atoms with Crippen LogP contribution in [0.2, 0.25) is 18.6 Å². The molecule has 256 valence electrons. The van der Waals surface area contributed by atoms with Gasteiger partial charge in [0.25, 0.3) is 11.8 Å². The summed E-state index contributed by atoms with van der Waals surface area (Å²) in [5.41, 5.74) is 8.39. The average Bonchev–Trinajstić information content (AvgIpc) is 3.74. The number of nitrogens with one attached hydrogen (secondary N) is 1. The van der Waals surface area contributed by atoms with Crippen molar-refractivity contribution in [3.05, 3.63) is 102 Å². The third-order valence-corrected chi connectivity index (χ3v) is 14.5. The largest absolute Gasteiger partial charge is 0.497 e. The molecule has 2 amide bonds. The van der Waals surface area contributed by atoms with Crippen molar-refractivity contribution in [2.75, 3.05) is 36.2 Å². The van der Waals surface area contributed by atoms with Crippen LogP contribution in [0.4, 0.5) is 17.1 Å². The predicted octanol–water partition coefficient (Wildman–Crippen LogP) is 4.49. The summed E-state index contributed by atoms with van der Waals surface area (Å²) in [7, 11) is -0.699. The first-order valence-electron chi connectivity index (χ1n) is 16.6. The van der Waals surface area contributed by atoms with Gasteiger partial charge in [0.15, 0.2) is 5.60 Å². The van der Waals surface area contributed by atoms with Crippen molar-refractivity contribution in [3.8, 4) is 5.75 Å². The Balaban J connectivity index is 1.41. The summed E-state index contributed by atoms with van der Waals surface area (Å²) < 4.78 is 14.4. The number of benzene rings is 3. The van der Waals surface area contributed by atoms with Gasteiger partial charge in [-0.3, -0.25) is 14.3 Å². The van der Waals surface area contributed by atoms with Crippen molar-refractivity contribution in [3.63, 3.8) is 0 Å². The van der Waals surface area contributed by atoms with Crippen LogP contribution in [0.1, 0.15) is 35.0 Å². The van der Waals surface area contributed by atoms with Crippen LogP contribution in [0.5, 0.6) is 5.75 Å². The molecular weight excluding hydrogens is 637 g/mol. The van der Waals surface area contributed by atoms with Gasteiger partial charge in [-0.15, -0.1) is 11.7 Å². The molecule has 4 N–H and O–H groups in total. The van der Waals surface area contributed by atoms with E-state index in [0.29, 0.717) is 42.9 Å². The van der Waals surface area contributed by atoms with E-state index in [1.165, 1.54) is 5.19 Å². The Bertz CT molecular complexity index is 1840. The van der Waals surface area contributed by atoms with Gasteiger partial charge >= 0.3 is 0 Å². The van der Waals surface area contributed by atoms with E-state index in [0.717, 1.165) is 22.7 Å². The van der Waals surface area contributed by atoms with Crippen LogP contribution in [-0.2, 0) is 28.1 Å². The topological polar surface area (TPSA) is 145 Å². The number of ether oxygens (including phenoxy) is 2. The van der Waals surface area contributed by atoms with Crippen molar-refractivity contribution in [2.45, 2.75) is 56.7 Å². The van der Waals surface area contributed by atoms with Gasteiger partial charge in [-0.05, 0) is 66.6 Å². The van der Waals surface area contributed by atoms with Gasteiger partial charge in [0.1, 0.15) is 5.75 Å². The quantitative estimate of drug-likeness (QED) is 0.113. The fourth-order valence-electron chi connectivity index (χ4n) is 7.75. The number of methoxy groups -OCH3 is 1. The summed E-state index contributed by atoms with van der Waals surface area (Å²) >= 11 is 0. The third kappa shape index (κ3) is 6.15. The van der Waals surface area contributed by atoms with Crippen LogP contribution >= 0.6 is 0 Å².